The molecule has 0 saturated carbocycles. The van der Waals surface area contributed by atoms with Gasteiger partial charge in [-0.15, -0.1) is 0 Å². The first-order chi connectivity index (χ1) is 8.09. The van der Waals surface area contributed by atoms with Gasteiger partial charge in [-0.05, 0) is 13.0 Å². The van der Waals surface area contributed by atoms with E-state index in [-0.39, 0.29) is 18.1 Å². The highest BCUT2D eigenvalue weighted by Crippen LogP contribution is 2.10. The molecule has 17 heavy (non-hydrogen) atoms. The Balaban J connectivity index is 2.19. The van der Waals surface area contributed by atoms with Crippen molar-refractivity contribution in [2.45, 2.75) is 13.0 Å². The van der Waals surface area contributed by atoms with Crippen LogP contribution in [0.1, 0.15) is 16.2 Å². The fourth-order valence-electron chi connectivity index (χ4n) is 1.84. The van der Waals surface area contributed by atoms with Crippen molar-refractivity contribution < 1.29 is 14.7 Å². The number of H-pyrrole nitrogens is 1. The second-order valence-corrected chi connectivity index (χ2v) is 3.99. The van der Waals surface area contributed by atoms with Gasteiger partial charge in [0.15, 0.2) is 0 Å². The average molecular weight is 238 g/mol. The van der Waals surface area contributed by atoms with E-state index in [0.29, 0.717) is 13.1 Å². The Labute approximate surface area is 97.8 Å². The van der Waals surface area contributed by atoms with Crippen molar-refractivity contribution in [3.63, 3.8) is 0 Å². The maximum absolute atomic E-state index is 12.1. The number of aromatic amines is 1. The minimum Gasteiger partial charge on any atom is -0.480 e. The lowest BCUT2D eigenvalue weighted by Crippen LogP contribution is -2.57. The molecule has 1 atom stereocenters. The Morgan fingerprint density at radius 1 is 1.59 bits per heavy atom. The number of amides is 1. The lowest BCUT2D eigenvalue weighted by molar-refractivity contribution is -0.142. The molecule has 7 heteroatoms. The molecule has 1 aliphatic heterocycles. The lowest BCUT2D eigenvalue weighted by Gasteiger charge is -2.32. The Kier molecular flexibility index (Phi) is 3.10. The summed E-state index contributed by atoms with van der Waals surface area (Å²) in [6.07, 6.45) is 0. The molecule has 0 spiro atoms. The fourth-order valence-corrected chi connectivity index (χ4v) is 1.84. The van der Waals surface area contributed by atoms with Gasteiger partial charge in [-0.2, -0.15) is 5.10 Å². The lowest BCUT2D eigenvalue weighted by atomic mass is 10.1. The number of aliphatic carboxylic acids is 1. The van der Waals surface area contributed by atoms with E-state index in [1.165, 1.54) is 4.90 Å². The molecule has 1 aromatic heterocycles. The molecule has 2 rings (SSSR count). The monoisotopic (exact) mass is 238 g/mol. The van der Waals surface area contributed by atoms with Gasteiger partial charge in [0.1, 0.15) is 11.7 Å². The SMILES string of the molecule is Cc1cc(C(=O)N2CCNCC2C(=O)O)n[nH]1. The van der Waals surface area contributed by atoms with Crippen LogP contribution in [0.2, 0.25) is 0 Å². The summed E-state index contributed by atoms with van der Waals surface area (Å²) < 4.78 is 0. The summed E-state index contributed by atoms with van der Waals surface area (Å²) >= 11 is 0. The van der Waals surface area contributed by atoms with Crippen molar-refractivity contribution in [3.8, 4) is 0 Å². The number of nitrogens with one attached hydrogen (secondary N) is 2. The number of carboxylic acid groups (broad SMARTS) is 1. The van der Waals surface area contributed by atoms with E-state index >= 15 is 0 Å². The molecule has 7 nitrogen and oxygen atoms in total. The number of carbonyl (C=O) groups excluding carboxylic acids is 1. The van der Waals surface area contributed by atoms with Crippen molar-refractivity contribution in [2.75, 3.05) is 19.6 Å². The summed E-state index contributed by atoms with van der Waals surface area (Å²) in [5, 5.41) is 18.5. The first-order valence-electron chi connectivity index (χ1n) is 5.36. The third-order valence-electron chi connectivity index (χ3n) is 2.71. The van der Waals surface area contributed by atoms with Crippen LogP contribution < -0.4 is 5.32 Å². The van der Waals surface area contributed by atoms with Crippen LogP contribution in [-0.2, 0) is 4.79 Å². The first-order valence-corrected chi connectivity index (χ1v) is 5.36. The fraction of sp³-hybridized carbons (Fsp3) is 0.500. The Morgan fingerprint density at radius 3 is 2.94 bits per heavy atom. The van der Waals surface area contributed by atoms with Crippen LogP contribution in [0, 0.1) is 6.92 Å². The van der Waals surface area contributed by atoms with Crippen LogP contribution in [0.3, 0.4) is 0 Å². The van der Waals surface area contributed by atoms with Crippen molar-refractivity contribution in [2.24, 2.45) is 0 Å². The molecule has 0 bridgehead atoms. The van der Waals surface area contributed by atoms with Crippen LogP contribution in [0.15, 0.2) is 6.07 Å². The quantitative estimate of drug-likeness (QED) is 0.627. The highest BCUT2D eigenvalue weighted by Gasteiger charge is 2.33. The average Bonchev–Trinajstić information content (AvgIpc) is 2.75. The summed E-state index contributed by atoms with van der Waals surface area (Å²) in [6, 6.07) is 0.789. The number of nitrogens with zero attached hydrogens (tertiary/aromatic N) is 2. The number of piperazine rings is 1. The molecule has 1 unspecified atom stereocenters. The van der Waals surface area contributed by atoms with Gasteiger partial charge in [0.25, 0.3) is 5.91 Å². The molecule has 0 aliphatic carbocycles. The molecule has 1 saturated heterocycles. The molecule has 1 fully saturated rings. The molecule has 1 aliphatic rings. The predicted octanol–water partition coefficient (Wildman–Crippen LogP) is -0.783. The van der Waals surface area contributed by atoms with Gasteiger partial charge in [-0.1, -0.05) is 0 Å². The van der Waals surface area contributed by atoms with Crippen LogP contribution in [0.4, 0.5) is 0 Å². The Bertz CT molecular complexity index is 443. The summed E-state index contributed by atoms with van der Waals surface area (Å²) in [5.74, 6) is -1.35. The van der Waals surface area contributed by atoms with E-state index < -0.39 is 12.0 Å². The molecular formula is C10H14N4O3. The van der Waals surface area contributed by atoms with Crippen LogP contribution in [0.25, 0.3) is 0 Å². The van der Waals surface area contributed by atoms with E-state index in [0.717, 1.165) is 5.69 Å². The number of aryl methyl sites for hydroxylation is 1. The van der Waals surface area contributed by atoms with E-state index in [2.05, 4.69) is 15.5 Å². The standard InChI is InChI=1S/C10H14N4O3/c1-6-4-7(13-12-6)9(15)14-3-2-11-5-8(14)10(16)17/h4,8,11H,2-3,5H2,1H3,(H,12,13)(H,16,17). The van der Waals surface area contributed by atoms with Gasteiger partial charge in [0.05, 0.1) is 0 Å². The smallest absolute Gasteiger partial charge is 0.327 e. The van der Waals surface area contributed by atoms with Crippen LogP contribution in [0.5, 0.6) is 0 Å². The van der Waals surface area contributed by atoms with E-state index in [9.17, 15) is 9.59 Å². The topological polar surface area (TPSA) is 98.3 Å². The Morgan fingerprint density at radius 2 is 2.35 bits per heavy atom. The molecule has 92 valence electrons. The maximum atomic E-state index is 12.1. The van der Waals surface area contributed by atoms with Gasteiger partial charge >= 0.3 is 5.97 Å². The molecule has 0 aromatic carbocycles. The highest BCUT2D eigenvalue weighted by molar-refractivity contribution is 5.95. The van der Waals surface area contributed by atoms with Crippen molar-refractivity contribution in [1.82, 2.24) is 20.4 Å². The zero-order valence-electron chi connectivity index (χ0n) is 9.43. The third-order valence-corrected chi connectivity index (χ3v) is 2.71. The van der Waals surface area contributed by atoms with E-state index in [4.69, 9.17) is 5.11 Å². The van der Waals surface area contributed by atoms with Crippen LogP contribution in [-0.4, -0.2) is 57.8 Å². The van der Waals surface area contributed by atoms with Gasteiger partial charge in [-0.3, -0.25) is 9.89 Å². The summed E-state index contributed by atoms with van der Waals surface area (Å²) in [5.41, 5.74) is 1.03. The maximum Gasteiger partial charge on any atom is 0.327 e. The van der Waals surface area contributed by atoms with E-state index in [1.807, 2.05) is 0 Å². The van der Waals surface area contributed by atoms with Gasteiger partial charge in [0.2, 0.25) is 0 Å². The number of hydrogen-bond acceptors (Lipinski definition) is 4. The largest absolute Gasteiger partial charge is 0.480 e. The summed E-state index contributed by atoms with van der Waals surface area (Å²) in [4.78, 5) is 24.5. The molecule has 2 heterocycles. The Hall–Kier alpha value is -1.89. The normalized spacial score (nSPS) is 20.3. The number of aromatic nitrogens is 2. The van der Waals surface area contributed by atoms with Gasteiger partial charge in [-0.25, -0.2) is 4.79 Å². The zero-order chi connectivity index (χ0) is 12.4. The zero-order valence-corrected chi connectivity index (χ0v) is 9.43. The molecular weight excluding hydrogens is 224 g/mol. The van der Waals surface area contributed by atoms with Crippen LogP contribution >= 0.6 is 0 Å². The number of carbonyl (C=O) groups is 2. The number of carboxylic acids is 1. The van der Waals surface area contributed by atoms with Gasteiger partial charge in [0, 0.05) is 25.3 Å². The minimum absolute atomic E-state index is 0.260. The second kappa shape index (κ2) is 4.54. The second-order valence-electron chi connectivity index (χ2n) is 3.99. The summed E-state index contributed by atoms with van der Waals surface area (Å²) in [6.45, 7) is 3.03. The molecule has 1 aromatic rings. The third kappa shape index (κ3) is 2.28. The van der Waals surface area contributed by atoms with Gasteiger partial charge < -0.3 is 15.3 Å². The van der Waals surface area contributed by atoms with Crippen molar-refractivity contribution in [3.05, 3.63) is 17.5 Å². The summed E-state index contributed by atoms with van der Waals surface area (Å²) in [7, 11) is 0. The highest BCUT2D eigenvalue weighted by atomic mass is 16.4. The molecule has 1 amide bonds. The van der Waals surface area contributed by atoms with E-state index in [1.54, 1.807) is 13.0 Å². The number of hydrogen-bond donors (Lipinski definition) is 3. The first kappa shape index (κ1) is 11.6. The van der Waals surface area contributed by atoms with Crippen molar-refractivity contribution in [1.29, 1.82) is 0 Å². The molecule has 0 radical (unpaired) electrons. The molecule has 3 N–H and O–H groups in total. The predicted molar refractivity (Wildman–Crippen MR) is 58.7 cm³/mol. The minimum atomic E-state index is -1.00. The van der Waals surface area contributed by atoms with Crippen molar-refractivity contribution >= 4 is 11.9 Å². The number of rotatable bonds is 2.